The molecule has 0 radical (unpaired) electrons. The molecular weight excluding hydrogens is 230 g/mol. The van der Waals surface area contributed by atoms with E-state index in [4.69, 9.17) is 0 Å². The summed E-state index contributed by atoms with van der Waals surface area (Å²) in [5.74, 6) is 0. The molecule has 0 saturated carbocycles. The molecule has 1 heterocycles. The summed E-state index contributed by atoms with van der Waals surface area (Å²) in [6.07, 6.45) is 2.39. The highest BCUT2D eigenvalue weighted by atomic mass is 15.1. The molecule has 0 aliphatic rings. The molecule has 3 aromatic rings. The van der Waals surface area contributed by atoms with E-state index in [1.54, 1.807) is 0 Å². The molecule has 0 spiro atoms. The van der Waals surface area contributed by atoms with Crippen LogP contribution in [0.15, 0.2) is 48.5 Å². The average Bonchev–Trinajstić information content (AvgIpc) is 2.74. The van der Waals surface area contributed by atoms with Crippen LogP contribution in [0.3, 0.4) is 0 Å². The van der Waals surface area contributed by atoms with Crippen LogP contribution in [0.2, 0.25) is 0 Å². The lowest BCUT2D eigenvalue weighted by Gasteiger charge is -2.29. The van der Waals surface area contributed by atoms with Crippen LogP contribution in [0.4, 0.5) is 0 Å². The van der Waals surface area contributed by atoms with Crippen LogP contribution >= 0.6 is 0 Å². The van der Waals surface area contributed by atoms with Crippen molar-refractivity contribution in [2.24, 2.45) is 0 Å². The third-order valence-electron chi connectivity index (χ3n) is 4.05. The van der Waals surface area contributed by atoms with E-state index in [1.807, 2.05) is 0 Å². The van der Waals surface area contributed by atoms with Crippen molar-refractivity contribution in [3.8, 4) is 0 Å². The number of rotatable bonds is 3. The largest absolute Gasteiger partial charge is 0.335 e. The molecule has 0 unspecified atom stereocenters. The summed E-state index contributed by atoms with van der Waals surface area (Å²) in [4.78, 5) is 0. The smallest absolute Gasteiger partial charge is 0.0496 e. The molecule has 0 N–H and O–H groups in total. The fourth-order valence-corrected chi connectivity index (χ4v) is 3.30. The highest BCUT2D eigenvalue weighted by Crippen LogP contribution is 2.35. The van der Waals surface area contributed by atoms with Crippen LogP contribution in [0.25, 0.3) is 21.8 Å². The number of hydrogen-bond acceptors (Lipinski definition) is 0. The number of aromatic nitrogens is 1. The fraction of sp³-hybridized carbons (Fsp3) is 0.333. The van der Waals surface area contributed by atoms with Crippen molar-refractivity contribution in [2.75, 3.05) is 0 Å². The molecule has 0 bridgehead atoms. The Hall–Kier alpha value is -1.76. The Morgan fingerprint density at radius 1 is 0.842 bits per heavy atom. The van der Waals surface area contributed by atoms with Crippen LogP contribution in [-0.2, 0) is 5.54 Å². The Kier molecular flexibility index (Phi) is 2.85. The summed E-state index contributed by atoms with van der Waals surface area (Å²) in [5.41, 5.74) is 2.85. The van der Waals surface area contributed by atoms with E-state index < -0.39 is 0 Å². The van der Waals surface area contributed by atoms with Gasteiger partial charge in [-0.15, -0.1) is 0 Å². The first-order valence-electron chi connectivity index (χ1n) is 7.14. The van der Waals surface area contributed by atoms with Crippen LogP contribution in [0.5, 0.6) is 0 Å². The minimum atomic E-state index is 0.150. The monoisotopic (exact) mass is 251 g/mol. The predicted molar refractivity (Wildman–Crippen MR) is 83.7 cm³/mol. The van der Waals surface area contributed by atoms with Crippen molar-refractivity contribution in [1.82, 2.24) is 4.57 Å². The van der Waals surface area contributed by atoms with E-state index in [0.29, 0.717) is 0 Å². The predicted octanol–water partition coefficient (Wildman–Crippen LogP) is 5.33. The van der Waals surface area contributed by atoms with Gasteiger partial charge in [-0.25, -0.2) is 0 Å². The molecule has 1 aromatic heterocycles. The number of hydrogen-bond donors (Lipinski definition) is 0. The molecular formula is C18H21N. The first-order chi connectivity index (χ1) is 9.15. The maximum Gasteiger partial charge on any atom is 0.0496 e. The second-order valence-electron chi connectivity index (χ2n) is 5.93. The lowest BCUT2D eigenvalue weighted by Crippen LogP contribution is -2.25. The molecule has 0 aliphatic heterocycles. The van der Waals surface area contributed by atoms with Crippen LogP contribution in [0.1, 0.15) is 33.6 Å². The zero-order valence-electron chi connectivity index (χ0n) is 12.0. The van der Waals surface area contributed by atoms with Crippen molar-refractivity contribution >= 4 is 21.8 Å². The highest BCUT2D eigenvalue weighted by Gasteiger charge is 2.23. The highest BCUT2D eigenvalue weighted by molar-refractivity contribution is 6.08. The molecule has 98 valence electrons. The summed E-state index contributed by atoms with van der Waals surface area (Å²) in [5, 5.41) is 2.73. The van der Waals surface area contributed by atoms with Gasteiger partial charge >= 0.3 is 0 Å². The Labute approximate surface area is 114 Å². The summed E-state index contributed by atoms with van der Waals surface area (Å²) in [6.45, 7) is 6.94. The third-order valence-corrected chi connectivity index (χ3v) is 4.05. The van der Waals surface area contributed by atoms with Crippen LogP contribution < -0.4 is 0 Å². The summed E-state index contributed by atoms with van der Waals surface area (Å²) < 4.78 is 2.52. The Morgan fingerprint density at radius 2 is 1.32 bits per heavy atom. The topological polar surface area (TPSA) is 4.93 Å². The summed E-state index contributed by atoms with van der Waals surface area (Å²) in [7, 11) is 0. The van der Waals surface area contributed by atoms with Gasteiger partial charge in [-0.2, -0.15) is 0 Å². The van der Waals surface area contributed by atoms with Gasteiger partial charge in [0.15, 0.2) is 0 Å². The lowest BCUT2D eigenvalue weighted by atomic mass is 9.98. The first kappa shape index (κ1) is 12.3. The first-order valence-corrected chi connectivity index (χ1v) is 7.14. The van der Waals surface area contributed by atoms with E-state index in [9.17, 15) is 0 Å². The molecule has 0 atom stereocenters. The van der Waals surface area contributed by atoms with Crippen molar-refractivity contribution in [3.63, 3.8) is 0 Å². The standard InChI is InChI=1S/C18H21N/c1-4-13-18(2,3)19-16-11-7-5-9-14(16)15-10-6-8-12-17(15)19/h5-12H,4,13H2,1-3H3. The number of benzene rings is 2. The van der Waals surface area contributed by atoms with Gasteiger partial charge in [0.1, 0.15) is 0 Å². The zero-order chi connectivity index (χ0) is 13.5. The van der Waals surface area contributed by atoms with Gasteiger partial charge in [-0.3, -0.25) is 0 Å². The molecule has 1 heteroatoms. The van der Waals surface area contributed by atoms with Gasteiger partial charge in [0.05, 0.1) is 0 Å². The van der Waals surface area contributed by atoms with E-state index in [1.165, 1.54) is 34.6 Å². The van der Waals surface area contributed by atoms with E-state index >= 15 is 0 Å². The van der Waals surface area contributed by atoms with Gasteiger partial charge in [-0.1, -0.05) is 49.7 Å². The Balaban J connectivity index is 2.43. The maximum absolute atomic E-state index is 2.52. The maximum atomic E-state index is 2.52. The molecule has 2 aromatic carbocycles. The van der Waals surface area contributed by atoms with Crippen molar-refractivity contribution < 1.29 is 0 Å². The molecule has 0 aliphatic carbocycles. The normalized spacial score (nSPS) is 12.4. The molecule has 19 heavy (non-hydrogen) atoms. The van der Waals surface area contributed by atoms with Gasteiger partial charge < -0.3 is 4.57 Å². The molecule has 1 nitrogen and oxygen atoms in total. The van der Waals surface area contributed by atoms with E-state index in [-0.39, 0.29) is 5.54 Å². The molecule has 0 saturated heterocycles. The van der Waals surface area contributed by atoms with E-state index in [0.717, 1.165) is 0 Å². The Morgan fingerprint density at radius 3 is 1.79 bits per heavy atom. The second kappa shape index (κ2) is 4.41. The van der Waals surface area contributed by atoms with Gasteiger partial charge in [0, 0.05) is 27.3 Å². The fourth-order valence-electron chi connectivity index (χ4n) is 3.30. The quantitative estimate of drug-likeness (QED) is 0.593. The number of para-hydroxylation sites is 2. The number of nitrogens with zero attached hydrogens (tertiary/aromatic N) is 1. The van der Waals surface area contributed by atoms with Crippen molar-refractivity contribution in [2.45, 2.75) is 39.2 Å². The van der Waals surface area contributed by atoms with Crippen molar-refractivity contribution in [1.29, 1.82) is 0 Å². The minimum Gasteiger partial charge on any atom is -0.335 e. The molecule has 0 fully saturated rings. The van der Waals surface area contributed by atoms with Crippen LogP contribution in [-0.4, -0.2) is 4.57 Å². The minimum absolute atomic E-state index is 0.150. The molecule has 3 rings (SSSR count). The molecule has 0 amide bonds. The van der Waals surface area contributed by atoms with E-state index in [2.05, 4.69) is 73.9 Å². The van der Waals surface area contributed by atoms with Crippen LogP contribution in [0, 0.1) is 0 Å². The average molecular weight is 251 g/mol. The number of fused-ring (bicyclic) bond motifs is 3. The zero-order valence-corrected chi connectivity index (χ0v) is 12.0. The summed E-state index contributed by atoms with van der Waals surface area (Å²) in [6, 6.07) is 17.5. The van der Waals surface area contributed by atoms with Gasteiger partial charge in [0.2, 0.25) is 0 Å². The lowest BCUT2D eigenvalue weighted by molar-refractivity contribution is 0.344. The van der Waals surface area contributed by atoms with Gasteiger partial charge in [-0.05, 0) is 32.4 Å². The summed E-state index contributed by atoms with van der Waals surface area (Å²) >= 11 is 0. The van der Waals surface area contributed by atoms with Gasteiger partial charge in [0.25, 0.3) is 0 Å². The Bertz CT molecular complexity index is 665. The third kappa shape index (κ3) is 1.85. The van der Waals surface area contributed by atoms with Crippen molar-refractivity contribution in [3.05, 3.63) is 48.5 Å². The second-order valence-corrected chi connectivity index (χ2v) is 5.93. The SMILES string of the molecule is CCCC(C)(C)n1c2ccccc2c2ccccc21.